The molecule has 1 fully saturated rings. The fraction of sp³-hybridized carbons (Fsp3) is 0.471. The fourth-order valence-electron chi connectivity index (χ4n) is 3.00. The number of piperidine rings is 1. The molecule has 1 aliphatic heterocycles. The van der Waals surface area contributed by atoms with Gasteiger partial charge in [-0.15, -0.1) is 0 Å². The van der Waals surface area contributed by atoms with Gasteiger partial charge in [0, 0.05) is 29.5 Å². The molecule has 0 spiro atoms. The van der Waals surface area contributed by atoms with Gasteiger partial charge in [0.15, 0.2) is 5.76 Å². The molecule has 2 aromatic rings. The molecule has 5 heteroatoms. The Morgan fingerprint density at radius 1 is 1.36 bits per heavy atom. The lowest BCUT2D eigenvalue weighted by molar-refractivity contribution is 0.0885. The Balaban J connectivity index is 1.61. The van der Waals surface area contributed by atoms with Crippen LogP contribution in [0.2, 0.25) is 5.02 Å². The summed E-state index contributed by atoms with van der Waals surface area (Å²) in [6.45, 7) is 5.44. The minimum Gasteiger partial charge on any atom is -0.451 e. The van der Waals surface area contributed by atoms with Crippen LogP contribution in [0.25, 0.3) is 11.0 Å². The molecule has 1 amide bonds. The van der Waals surface area contributed by atoms with E-state index in [4.69, 9.17) is 16.0 Å². The maximum atomic E-state index is 12.3. The van der Waals surface area contributed by atoms with Crippen molar-refractivity contribution in [2.75, 3.05) is 19.6 Å². The van der Waals surface area contributed by atoms with E-state index < -0.39 is 0 Å². The molecule has 4 nitrogen and oxygen atoms in total. The number of carbonyl (C=O) groups is 1. The molecule has 0 radical (unpaired) electrons. The van der Waals surface area contributed by atoms with Gasteiger partial charge in [0.2, 0.25) is 0 Å². The Labute approximate surface area is 135 Å². The third-order valence-corrected chi connectivity index (χ3v) is 4.40. The van der Waals surface area contributed by atoms with Crippen molar-refractivity contribution in [2.24, 2.45) is 0 Å². The Kier molecular flexibility index (Phi) is 4.69. The Morgan fingerprint density at radius 3 is 2.86 bits per heavy atom. The first kappa shape index (κ1) is 15.4. The van der Waals surface area contributed by atoms with E-state index >= 15 is 0 Å². The van der Waals surface area contributed by atoms with Crippen LogP contribution in [0.1, 0.15) is 36.7 Å². The standard InChI is InChI=1S/C17H21ClN2O2/c1-2-7-20-8-5-14(6-9-20)19-17(21)16-11-12-10-13(18)3-4-15(12)22-16/h3-4,10-11,14H,2,5-9H2,1H3,(H,19,21). The minimum absolute atomic E-state index is 0.138. The zero-order valence-corrected chi connectivity index (χ0v) is 13.5. The smallest absolute Gasteiger partial charge is 0.287 e. The number of furan rings is 1. The first-order valence-corrected chi connectivity index (χ1v) is 8.26. The average molecular weight is 321 g/mol. The second-order valence-electron chi connectivity index (χ2n) is 5.88. The van der Waals surface area contributed by atoms with E-state index in [1.165, 1.54) is 6.42 Å². The van der Waals surface area contributed by atoms with Crippen molar-refractivity contribution < 1.29 is 9.21 Å². The summed E-state index contributed by atoms with van der Waals surface area (Å²) in [6, 6.07) is 7.34. The number of likely N-dealkylation sites (tertiary alicyclic amines) is 1. The van der Waals surface area contributed by atoms with E-state index in [0.717, 1.165) is 37.9 Å². The highest BCUT2D eigenvalue weighted by Gasteiger charge is 2.22. The van der Waals surface area contributed by atoms with Gasteiger partial charge >= 0.3 is 0 Å². The van der Waals surface area contributed by atoms with Crippen molar-refractivity contribution in [2.45, 2.75) is 32.2 Å². The second-order valence-corrected chi connectivity index (χ2v) is 6.32. The van der Waals surface area contributed by atoms with E-state index in [-0.39, 0.29) is 11.9 Å². The van der Waals surface area contributed by atoms with Crippen LogP contribution in [0.5, 0.6) is 0 Å². The highest BCUT2D eigenvalue weighted by atomic mass is 35.5. The van der Waals surface area contributed by atoms with Crippen molar-refractivity contribution in [1.82, 2.24) is 10.2 Å². The molecule has 118 valence electrons. The molecule has 0 unspecified atom stereocenters. The Hall–Kier alpha value is -1.52. The number of amides is 1. The van der Waals surface area contributed by atoms with Crippen molar-refractivity contribution in [3.63, 3.8) is 0 Å². The molecule has 3 rings (SSSR count). The maximum Gasteiger partial charge on any atom is 0.287 e. The molecule has 0 aliphatic carbocycles. The van der Waals surface area contributed by atoms with Crippen LogP contribution in [0, 0.1) is 0 Å². The third-order valence-electron chi connectivity index (χ3n) is 4.16. The number of halogens is 1. The normalized spacial score (nSPS) is 17.0. The summed E-state index contributed by atoms with van der Waals surface area (Å²) in [5.41, 5.74) is 0.687. The number of nitrogens with zero attached hydrogens (tertiary/aromatic N) is 1. The Morgan fingerprint density at radius 2 is 2.14 bits per heavy atom. The number of carbonyl (C=O) groups excluding carboxylic acids is 1. The molecule has 1 N–H and O–H groups in total. The van der Waals surface area contributed by atoms with Gasteiger partial charge in [0.1, 0.15) is 5.58 Å². The van der Waals surface area contributed by atoms with Crippen molar-refractivity contribution in [3.8, 4) is 0 Å². The van der Waals surface area contributed by atoms with E-state index in [9.17, 15) is 4.79 Å². The topological polar surface area (TPSA) is 45.5 Å². The first-order valence-electron chi connectivity index (χ1n) is 7.88. The summed E-state index contributed by atoms with van der Waals surface area (Å²) in [4.78, 5) is 14.8. The number of hydrogen-bond acceptors (Lipinski definition) is 3. The lowest BCUT2D eigenvalue weighted by Gasteiger charge is -2.31. The molecule has 1 saturated heterocycles. The molecule has 1 aromatic heterocycles. The monoisotopic (exact) mass is 320 g/mol. The summed E-state index contributed by atoms with van der Waals surface area (Å²) in [5, 5.41) is 4.58. The van der Waals surface area contributed by atoms with Crippen LogP contribution in [0.15, 0.2) is 28.7 Å². The number of nitrogens with one attached hydrogen (secondary N) is 1. The van der Waals surface area contributed by atoms with E-state index in [0.29, 0.717) is 16.4 Å². The molecular formula is C17H21ClN2O2. The van der Waals surface area contributed by atoms with Crippen LogP contribution in [0.4, 0.5) is 0 Å². The molecule has 1 aliphatic rings. The molecule has 22 heavy (non-hydrogen) atoms. The summed E-state index contributed by atoms with van der Waals surface area (Å²) in [5.74, 6) is 0.217. The van der Waals surface area contributed by atoms with E-state index in [1.54, 1.807) is 24.3 Å². The lowest BCUT2D eigenvalue weighted by atomic mass is 10.0. The van der Waals surface area contributed by atoms with Crippen LogP contribution in [0.3, 0.4) is 0 Å². The zero-order chi connectivity index (χ0) is 15.5. The Bertz CT molecular complexity index is 660. The minimum atomic E-state index is -0.138. The van der Waals surface area contributed by atoms with Gasteiger partial charge in [-0.1, -0.05) is 18.5 Å². The molecule has 0 saturated carbocycles. The zero-order valence-electron chi connectivity index (χ0n) is 12.8. The number of rotatable bonds is 4. The van der Waals surface area contributed by atoms with Crippen LogP contribution < -0.4 is 5.32 Å². The van der Waals surface area contributed by atoms with Crippen molar-refractivity contribution >= 4 is 28.5 Å². The van der Waals surface area contributed by atoms with Crippen LogP contribution in [-0.2, 0) is 0 Å². The van der Waals surface area contributed by atoms with Gasteiger partial charge < -0.3 is 14.6 Å². The van der Waals surface area contributed by atoms with Gasteiger partial charge in [0.05, 0.1) is 0 Å². The molecule has 2 heterocycles. The molecule has 0 atom stereocenters. The SMILES string of the molecule is CCCN1CCC(NC(=O)c2cc3cc(Cl)ccc3o2)CC1. The number of hydrogen-bond donors (Lipinski definition) is 1. The number of benzene rings is 1. The quantitative estimate of drug-likeness (QED) is 0.934. The highest BCUT2D eigenvalue weighted by Crippen LogP contribution is 2.23. The summed E-state index contributed by atoms with van der Waals surface area (Å²) in [7, 11) is 0. The van der Waals surface area contributed by atoms with Gasteiger partial charge in [-0.3, -0.25) is 4.79 Å². The van der Waals surface area contributed by atoms with Gasteiger partial charge in [-0.25, -0.2) is 0 Å². The predicted octanol–water partition coefficient (Wildman–Crippen LogP) is 3.69. The van der Waals surface area contributed by atoms with Crippen LogP contribution >= 0.6 is 11.6 Å². The third kappa shape index (κ3) is 3.45. The van der Waals surface area contributed by atoms with E-state index in [1.807, 2.05) is 0 Å². The van der Waals surface area contributed by atoms with Crippen LogP contribution in [-0.4, -0.2) is 36.5 Å². The predicted molar refractivity (Wildman–Crippen MR) is 88.4 cm³/mol. The van der Waals surface area contributed by atoms with Crippen molar-refractivity contribution in [1.29, 1.82) is 0 Å². The molecule has 1 aromatic carbocycles. The summed E-state index contributed by atoms with van der Waals surface area (Å²) in [6.07, 6.45) is 3.17. The summed E-state index contributed by atoms with van der Waals surface area (Å²) < 4.78 is 5.60. The number of fused-ring (bicyclic) bond motifs is 1. The highest BCUT2D eigenvalue weighted by molar-refractivity contribution is 6.31. The summed E-state index contributed by atoms with van der Waals surface area (Å²) >= 11 is 5.96. The second kappa shape index (κ2) is 6.71. The first-order chi connectivity index (χ1) is 10.7. The van der Waals surface area contributed by atoms with Gasteiger partial charge in [-0.2, -0.15) is 0 Å². The average Bonchev–Trinajstić information content (AvgIpc) is 2.92. The fourth-order valence-corrected chi connectivity index (χ4v) is 3.18. The van der Waals surface area contributed by atoms with Gasteiger partial charge in [0.25, 0.3) is 5.91 Å². The largest absolute Gasteiger partial charge is 0.451 e. The molecule has 0 bridgehead atoms. The van der Waals surface area contributed by atoms with Gasteiger partial charge in [-0.05, 0) is 50.1 Å². The maximum absolute atomic E-state index is 12.3. The molecular weight excluding hydrogens is 300 g/mol. The van der Waals surface area contributed by atoms with Crippen molar-refractivity contribution in [3.05, 3.63) is 35.0 Å². The lowest BCUT2D eigenvalue weighted by Crippen LogP contribution is -2.44. The van der Waals surface area contributed by atoms with E-state index in [2.05, 4.69) is 17.1 Å².